The van der Waals surface area contributed by atoms with Gasteiger partial charge in [0, 0.05) is 0 Å². The van der Waals surface area contributed by atoms with Crippen LogP contribution in [-0.2, 0) is 29.2 Å². The molecule has 7 nitrogen and oxygen atoms in total. The second-order valence-electron chi connectivity index (χ2n) is 10.7. The molecule has 0 radical (unpaired) electrons. The molecule has 0 aliphatic carbocycles. The van der Waals surface area contributed by atoms with Crippen LogP contribution in [-0.4, -0.2) is 43.4 Å². The monoisotopic (exact) mass is 562 g/mol. The molecular formula is C30H58O7S. The molecule has 0 aromatic rings. The standard InChI is InChI=1S/C30H58O7S/c1-3-5-7-9-11-13-15-17-19-21-23-25-36-29(31)27-28(38(33,34)35)30(32)37-26-24-22-20-18-16-14-12-10-8-6-4-2/h28H,3-27H2,1-2H3,(H,33,34,35)/t28-/m1/s1. The van der Waals surface area contributed by atoms with Crippen LogP contribution in [0.2, 0.25) is 0 Å². The highest BCUT2D eigenvalue weighted by Gasteiger charge is 2.35. The highest BCUT2D eigenvalue weighted by molar-refractivity contribution is 7.87. The first-order valence-corrected chi connectivity index (χ1v) is 17.1. The van der Waals surface area contributed by atoms with Crippen molar-refractivity contribution in [1.82, 2.24) is 0 Å². The van der Waals surface area contributed by atoms with Crippen molar-refractivity contribution in [1.29, 1.82) is 0 Å². The van der Waals surface area contributed by atoms with Gasteiger partial charge in [-0.15, -0.1) is 0 Å². The topological polar surface area (TPSA) is 107 Å². The van der Waals surface area contributed by atoms with Gasteiger partial charge < -0.3 is 9.47 Å². The normalized spacial score (nSPS) is 12.4. The van der Waals surface area contributed by atoms with Crippen LogP contribution in [0.4, 0.5) is 0 Å². The van der Waals surface area contributed by atoms with Crippen molar-refractivity contribution in [2.75, 3.05) is 13.2 Å². The summed E-state index contributed by atoms with van der Waals surface area (Å²) in [5.41, 5.74) is 0. The fourth-order valence-corrected chi connectivity index (χ4v) is 5.16. The smallest absolute Gasteiger partial charge is 0.327 e. The zero-order valence-electron chi connectivity index (χ0n) is 24.6. The van der Waals surface area contributed by atoms with E-state index in [0.717, 1.165) is 38.5 Å². The van der Waals surface area contributed by atoms with Crippen molar-refractivity contribution in [3.63, 3.8) is 0 Å². The van der Waals surface area contributed by atoms with Gasteiger partial charge in [-0.3, -0.25) is 14.1 Å². The number of hydrogen-bond donors (Lipinski definition) is 1. The molecule has 0 amide bonds. The van der Waals surface area contributed by atoms with Gasteiger partial charge in [-0.05, 0) is 12.8 Å². The average molecular weight is 563 g/mol. The van der Waals surface area contributed by atoms with Gasteiger partial charge in [-0.1, -0.05) is 142 Å². The van der Waals surface area contributed by atoms with E-state index in [9.17, 15) is 22.6 Å². The summed E-state index contributed by atoms with van der Waals surface area (Å²) >= 11 is 0. The summed E-state index contributed by atoms with van der Waals surface area (Å²) in [7, 11) is -4.76. The van der Waals surface area contributed by atoms with Crippen LogP contribution in [0.1, 0.15) is 162 Å². The van der Waals surface area contributed by atoms with Gasteiger partial charge in [-0.25, -0.2) is 0 Å². The minimum atomic E-state index is -4.76. The molecule has 0 heterocycles. The Hall–Kier alpha value is -1.15. The number of unbranched alkanes of at least 4 members (excludes halogenated alkanes) is 20. The molecular weight excluding hydrogens is 504 g/mol. The third-order valence-electron chi connectivity index (χ3n) is 6.98. The lowest BCUT2D eigenvalue weighted by atomic mass is 10.1. The summed E-state index contributed by atoms with van der Waals surface area (Å²) in [5, 5.41) is -1.93. The summed E-state index contributed by atoms with van der Waals surface area (Å²) in [6.45, 7) is 4.70. The number of ether oxygens (including phenoxy) is 2. The lowest BCUT2D eigenvalue weighted by Gasteiger charge is -2.13. The first-order chi connectivity index (χ1) is 18.3. The highest BCUT2D eigenvalue weighted by Crippen LogP contribution is 2.14. The predicted molar refractivity (Wildman–Crippen MR) is 155 cm³/mol. The van der Waals surface area contributed by atoms with Crippen molar-refractivity contribution >= 4 is 22.1 Å². The van der Waals surface area contributed by atoms with Crippen molar-refractivity contribution in [3.8, 4) is 0 Å². The van der Waals surface area contributed by atoms with Crippen molar-refractivity contribution in [2.45, 2.75) is 167 Å². The molecule has 0 aromatic heterocycles. The molecule has 0 aliphatic rings. The summed E-state index contributed by atoms with van der Waals surface area (Å²) in [6.07, 6.45) is 24.8. The number of esters is 2. The Morgan fingerprint density at radius 2 is 0.868 bits per heavy atom. The van der Waals surface area contributed by atoms with E-state index in [0.29, 0.717) is 12.8 Å². The summed E-state index contributed by atoms with van der Waals surface area (Å²) in [4.78, 5) is 24.3. The van der Waals surface area contributed by atoms with Crippen LogP contribution in [0.3, 0.4) is 0 Å². The summed E-state index contributed by atoms with van der Waals surface area (Å²) in [6, 6.07) is 0. The van der Waals surface area contributed by atoms with Gasteiger partial charge in [0.1, 0.15) is 0 Å². The van der Waals surface area contributed by atoms with Crippen LogP contribution in [0.15, 0.2) is 0 Å². The molecule has 0 bridgehead atoms. The van der Waals surface area contributed by atoms with Crippen molar-refractivity contribution in [2.24, 2.45) is 0 Å². The first-order valence-electron chi connectivity index (χ1n) is 15.6. The Balaban J connectivity index is 3.88. The SMILES string of the molecule is CCCCCCCCCCCCCOC(=O)C[C@H](C(=O)OCCCCCCCCCCCCC)S(=O)(=O)O. The maximum atomic E-state index is 12.2. The van der Waals surface area contributed by atoms with E-state index < -0.39 is 33.7 Å². The largest absolute Gasteiger partial charge is 0.466 e. The molecule has 1 atom stereocenters. The average Bonchev–Trinajstić information content (AvgIpc) is 2.87. The Bertz CT molecular complexity index is 664. The second kappa shape index (κ2) is 26.1. The van der Waals surface area contributed by atoms with E-state index in [-0.39, 0.29) is 13.2 Å². The highest BCUT2D eigenvalue weighted by atomic mass is 32.2. The predicted octanol–water partition coefficient (Wildman–Crippen LogP) is 8.34. The maximum absolute atomic E-state index is 12.2. The van der Waals surface area contributed by atoms with Crippen molar-refractivity contribution in [3.05, 3.63) is 0 Å². The molecule has 1 N–H and O–H groups in total. The zero-order valence-corrected chi connectivity index (χ0v) is 25.4. The minimum absolute atomic E-state index is 0.0790. The molecule has 0 unspecified atom stereocenters. The van der Waals surface area contributed by atoms with Crippen molar-refractivity contribution < 1.29 is 32.0 Å². The molecule has 0 saturated heterocycles. The lowest BCUT2D eigenvalue weighted by Crippen LogP contribution is -2.34. The minimum Gasteiger partial charge on any atom is -0.466 e. The molecule has 0 spiro atoms. The third kappa shape index (κ3) is 23.9. The van der Waals surface area contributed by atoms with Gasteiger partial charge >= 0.3 is 11.9 Å². The maximum Gasteiger partial charge on any atom is 0.327 e. The number of rotatable bonds is 28. The van der Waals surface area contributed by atoms with Gasteiger partial charge in [0.05, 0.1) is 19.6 Å². The van der Waals surface area contributed by atoms with Crippen LogP contribution in [0.5, 0.6) is 0 Å². The van der Waals surface area contributed by atoms with E-state index in [4.69, 9.17) is 9.47 Å². The van der Waals surface area contributed by atoms with E-state index in [2.05, 4.69) is 13.8 Å². The fraction of sp³-hybridized carbons (Fsp3) is 0.933. The summed E-state index contributed by atoms with van der Waals surface area (Å²) in [5.74, 6) is -1.91. The molecule has 0 fully saturated rings. The zero-order chi connectivity index (χ0) is 28.3. The molecule has 0 aromatic carbocycles. The molecule has 0 saturated carbocycles. The van der Waals surface area contributed by atoms with E-state index in [1.807, 2.05) is 0 Å². The van der Waals surface area contributed by atoms with Gasteiger partial charge in [-0.2, -0.15) is 8.42 Å². The molecule has 0 aliphatic heterocycles. The van der Waals surface area contributed by atoms with E-state index >= 15 is 0 Å². The molecule has 38 heavy (non-hydrogen) atoms. The van der Waals surface area contributed by atoms with E-state index in [1.165, 1.54) is 89.9 Å². The number of hydrogen-bond acceptors (Lipinski definition) is 6. The third-order valence-corrected chi connectivity index (χ3v) is 8.06. The number of carbonyl (C=O) groups excluding carboxylic acids is 2. The van der Waals surface area contributed by atoms with Gasteiger partial charge in [0.25, 0.3) is 10.1 Å². The summed E-state index contributed by atoms with van der Waals surface area (Å²) < 4.78 is 42.9. The van der Waals surface area contributed by atoms with Crippen LogP contribution < -0.4 is 0 Å². The fourth-order valence-electron chi connectivity index (χ4n) is 4.50. The second-order valence-corrected chi connectivity index (χ2v) is 12.3. The van der Waals surface area contributed by atoms with Crippen LogP contribution in [0, 0.1) is 0 Å². The Morgan fingerprint density at radius 3 is 1.21 bits per heavy atom. The Kier molecular flexibility index (Phi) is 25.3. The Morgan fingerprint density at radius 1 is 0.553 bits per heavy atom. The lowest BCUT2D eigenvalue weighted by molar-refractivity contribution is -0.150. The number of carbonyl (C=O) groups is 2. The first kappa shape index (κ1) is 36.8. The van der Waals surface area contributed by atoms with E-state index in [1.54, 1.807) is 0 Å². The van der Waals surface area contributed by atoms with Crippen LogP contribution >= 0.6 is 0 Å². The molecule has 226 valence electrons. The molecule has 8 heteroatoms. The molecule has 0 rings (SSSR count). The Labute approximate surface area is 234 Å². The van der Waals surface area contributed by atoms with Gasteiger partial charge in [0.2, 0.25) is 0 Å². The van der Waals surface area contributed by atoms with Crippen LogP contribution in [0.25, 0.3) is 0 Å². The quantitative estimate of drug-likeness (QED) is 0.0580. The van der Waals surface area contributed by atoms with Gasteiger partial charge in [0.15, 0.2) is 5.25 Å².